The Labute approximate surface area is 255 Å². The minimum atomic E-state index is -1.07. The number of ether oxygens (including phenoxy) is 3. The number of hydrogen-bond acceptors (Lipinski definition) is 9. The van der Waals surface area contributed by atoms with Crippen molar-refractivity contribution in [2.45, 2.75) is 45.9 Å². The summed E-state index contributed by atoms with van der Waals surface area (Å²) in [6, 6.07) is 22.0. The van der Waals surface area contributed by atoms with Crippen LogP contribution in [0, 0.1) is 12.8 Å². The minimum Gasteiger partial charge on any atom is -0.474 e. The number of carbonyl (C=O) groups is 3. The first-order chi connectivity index (χ1) is 21.1. The number of alkyl carbamates (subject to hydrolysis) is 1. The van der Waals surface area contributed by atoms with Gasteiger partial charge in [0.05, 0.1) is 13.2 Å². The van der Waals surface area contributed by atoms with E-state index in [1.54, 1.807) is 42.5 Å². The van der Waals surface area contributed by atoms with E-state index < -0.39 is 29.8 Å². The highest BCUT2D eigenvalue weighted by Crippen LogP contribution is 2.28. The number of Topliss-reactive ketones (excluding diaryl/α,β-unsaturated/α-hetero) is 1. The SMILES string of the molecule is COC(=O)C(Oc1ccc2c(C)cc(=O)oc2c1)c1ccc(NCCC(=O)[C@@H](NC(=O)OCc2ccccc2)C(C)C)cc1. The van der Waals surface area contributed by atoms with Gasteiger partial charge in [-0.3, -0.25) is 4.79 Å². The second kappa shape index (κ2) is 14.9. The highest BCUT2D eigenvalue weighted by atomic mass is 16.6. The predicted molar refractivity (Wildman–Crippen MR) is 166 cm³/mol. The third-order valence-electron chi connectivity index (χ3n) is 7.01. The maximum atomic E-state index is 12.9. The molecule has 0 saturated carbocycles. The molecule has 2 atom stereocenters. The van der Waals surface area contributed by atoms with E-state index >= 15 is 0 Å². The molecule has 4 aromatic rings. The highest BCUT2D eigenvalue weighted by Gasteiger charge is 2.25. The van der Waals surface area contributed by atoms with Gasteiger partial charge in [-0.15, -0.1) is 0 Å². The molecule has 4 rings (SSSR count). The number of nitrogens with one attached hydrogen (secondary N) is 2. The average Bonchev–Trinajstić information content (AvgIpc) is 3.01. The van der Waals surface area contributed by atoms with E-state index in [-0.39, 0.29) is 24.7 Å². The molecule has 2 N–H and O–H groups in total. The molecule has 0 radical (unpaired) electrons. The van der Waals surface area contributed by atoms with E-state index in [2.05, 4.69) is 10.6 Å². The van der Waals surface area contributed by atoms with Gasteiger partial charge in [0, 0.05) is 41.7 Å². The number of rotatable bonds is 13. The molecule has 0 aliphatic rings. The van der Waals surface area contributed by atoms with Crippen molar-refractivity contribution < 1.29 is 33.0 Å². The Morgan fingerprint density at radius 2 is 1.66 bits per heavy atom. The molecule has 10 nitrogen and oxygen atoms in total. The number of fused-ring (bicyclic) bond motifs is 1. The van der Waals surface area contributed by atoms with E-state index in [0.717, 1.165) is 22.2 Å². The predicted octanol–water partition coefficient (Wildman–Crippen LogP) is 5.72. The zero-order chi connectivity index (χ0) is 31.6. The smallest absolute Gasteiger partial charge is 0.408 e. The second-order valence-corrected chi connectivity index (χ2v) is 10.6. The molecule has 1 amide bonds. The lowest BCUT2D eigenvalue weighted by molar-refractivity contribution is -0.149. The molecule has 1 heterocycles. The van der Waals surface area contributed by atoms with E-state index in [1.165, 1.54) is 13.2 Å². The van der Waals surface area contributed by atoms with Crippen LogP contribution in [0.15, 0.2) is 88.1 Å². The monoisotopic (exact) mass is 600 g/mol. The zero-order valence-corrected chi connectivity index (χ0v) is 25.1. The number of anilines is 1. The fourth-order valence-corrected chi connectivity index (χ4v) is 4.65. The Bertz CT molecular complexity index is 1650. The summed E-state index contributed by atoms with van der Waals surface area (Å²) in [5, 5.41) is 6.65. The van der Waals surface area contributed by atoms with Crippen molar-refractivity contribution in [1.82, 2.24) is 5.32 Å². The number of ketones is 1. The molecule has 3 aromatic carbocycles. The summed E-state index contributed by atoms with van der Waals surface area (Å²) in [4.78, 5) is 49.7. The lowest BCUT2D eigenvalue weighted by Crippen LogP contribution is -2.45. The van der Waals surface area contributed by atoms with E-state index in [9.17, 15) is 19.2 Å². The summed E-state index contributed by atoms with van der Waals surface area (Å²) in [5.41, 5.74) is 2.78. The van der Waals surface area contributed by atoms with Gasteiger partial charge in [0.2, 0.25) is 6.10 Å². The first-order valence-electron chi connectivity index (χ1n) is 14.3. The van der Waals surface area contributed by atoms with Crippen LogP contribution >= 0.6 is 0 Å². The van der Waals surface area contributed by atoms with Crippen molar-refractivity contribution in [1.29, 1.82) is 0 Å². The molecule has 10 heteroatoms. The number of benzene rings is 3. The van der Waals surface area contributed by atoms with Crippen LogP contribution in [0.1, 0.15) is 43.1 Å². The van der Waals surface area contributed by atoms with Gasteiger partial charge in [0.1, 0.15) is 17.9 Å². The van der Waals surface area contributed by atoms with E-state index in [1.807, 2.05) is 51.1 Å². The summed E-state index contributed by atoms with van der Waals surface area (Å²) < 4.78 is 21.5. The minimum absolute atomic E-state index is 0.116. The Kier molecular flexibility index (Phi) is 10.7. The summed E-state index contributed by atoms with van der Waals surface area (Å²) in [6.45, 7) is 5.99. The molecule has 0 aliphatic heterocycles. The van der Waals surface area contributed by atoms with Gasteiger partial charge in [-0.05, 0) is 48.2 Å². The Morgan fingerprint density at radius 1 is 0.932 bits per heavy atom. The molecule has 1 aromatic heterocycles. The van der Waals surface area contributed by atoms with Crippen LogP contribution in [0.3, 0.4) is 0 Å². The zero-order valence-electron chi connectivity index (χ0n) is 25.1. The van der Waals surface area contributed by atoms with E-state index in [4.69, 9.17) is 18.6 Å². The molecule has 44 heavy (non-hydrogen) atoms. The fourth-order valence-electron chi connectivity index (χ4n) is 4.65. The lowest BCUT2D eigenvalue weighted by atomic mass is 9.98. The summed E-state index contributed by atoms with van der Waals surface area (Å²) >= 11 is 0. The van der Waals surface area contributed by atoms with Crippen molar-refractivity contribution in [3.8, 4) is 5.75 Å². The van der Waals surface area contributed by atoms with Gasteiger partial charge in [-0.1, -0.05) is 56.3 Å². The summed E-state index contributed by atoms with van der Waals surface area (Å²) in [5.74, 6) is -0.512. The van der Waals surface area contributed by atoms with Gasteiger partial charge in [-0.2, -0.15) is 0 Å². The Balaban J connectivity index is 1.33. The van der Waals surface area contributed by atoms with Crippen molar-refractivity contribution in [2.75, 3.05) is 19.0 Å². The topological polar surface area (TPSA) is 133 Å². The fraction of sp³-hybridized carbons (Fsp3) is 0.294. The maximum absolute atomic E-state index is 12.9. The molecule has 0 aliphatic carbocycles. The van der Waals surface area contributed by atoms with Crippen LogP contribution in [0.5, 0.6) is 5.75 Å². The van der Waals surface area contributed by atoms with Crippen LogP contribution in [0.4, 0.5) is 10.5 Å². The van der Waals surface area contributed by atoms with Gasteiger partial charge in [0.15, 0.2) is 5.78 Å². The van der Waals surface area contributed by atoms with Gasteiger partial charge >= 0.3 is 17.7 Å². The number of aryl methyl sites for hydroxylation is 1. The Hall–Kier alpha value is -5.12. The molecule has 0 saturated heterocycles. The molecule has 0 spiro atoms. The molecular formula is C34H36N2O8. The van der Waals surface area contributed by atoms with Gasteiger partial charge in [-0.25, -0.2) is 14.4 Å². The molecule has 1 unspecified atom stereocenters. The average molecular weight is 601 g/mol. The van der Waals surface area contributed by atoms with E-state index in [0.29, 0.717) is 23.4 Å². The quantitative estimate of drug-likeness (QED) is 0.146. The summed E-state index contributed by atoms with van der Waals surface area (Å²) in [7, 11) is 1.27. The third-order valence-corrected chi connectivity index (χ3v) is 7.01. The number of methoxy groups -OCH3 is 1. The highest BCUT2D eigenvalue weighted by molar-refractivity contribution is 5.88. The van der Waals surface area contributed by atoms with Gasteiger partial charge in [0.25, 0.3) is 0 Å². The molecule has 230 valence electrons. The van der Waals surface area contributed by atoms with Gasteiger partial charge < -0.3 is 29.3 Å². The van der Waals surface area contributed by atoms with Crippen LogP contribution in [-0.4, -0.2) is 37.5 Å². The van der Waals surface area contributed by atoms with Crippen LogP contribution < -0.4 is 21.0 Å². The van der Waals surface area contributed by atoms with Crippen molar-refractivity contribution in [3.05, 3.63) is 106 Å². The van der Waals surface area contributed by atoms with Crippen molar-refractivity contribution in [2.24, 2.45) is 5.92 Å². The first kappa shape index (κ1) is 31.8. The molecule has 0 bridgehead atoms. The standard InChI is InChI=1S/C34H36N2O8/c1-21(2)31(36-34(40)42-20-23-8-6-5-7-9-23)28(37)16-17-35-25-12-10-24(11-13-25)32(33(39)41-4)43-26-14-15-27-22(3)18-30(38)44-29(27)19-26/h5-15,18-19,21,31-32,35H,16-17,20H2,1-4H3,(H,36,40)/t31-,32?/m0/s1. The number of hydrogen-bond donors (Lipinski definition) is 2. The normalized spacial score (nSPS) is 12.3. The maximum Gasteiger partial charge on any atom is 0.408 e. The second-order valence-electron chi connectivity index (χ2n) is 10.6. The largest absolute Gasteiger partial charge is 0.474 e. The van der Waals surface area contributed by atoms with Crippen molar-refractivity contribution >= 4 is 34.5 Å². The van der Waals surface area contributed by atoms with Crippen LogP contribution in [0.25, 0.3) is 11.0 Å². The van der Waals surface area contributed by atoms with Crippen molar-refractivity contribution in [3.63, 3.8) is 0 Å². The number of amides is 1. The molecular weight excluding hydrogens is 564 g/mol. The van der Waals surface area contributed by atoms with Crippen LogP contribution in [-0.2, 0) is 25.7 Å². The summed E-state index contributed by atoms with van der Waals surface area (Å²) in [6.07, 6.45) is -1.53. The third kappa shape index (κ3) is 8.47. The first-order valence-corrected chi connectivity index (χ1v) is 14.3. The number of esters is 1. The van der Waals surface area contributed by atoms with Crippen LogP contribution in [0.2, 0.25) is 0 Å². The number of carbonyl (C=O) groups excluding carboxylic acids is 3. The Morgan fingerprint density at radius 3 is 2.34 bits per heavy atom. The lowest BCUT2D eigenvalue weighted by Gasteiger charge is -2.21. The molecule has 0 fully saturated rings.